The van der Waals surface area contributed by atoms with Crippen molar-refractivity contribution < 1.29 is 13.6 Å². The quantitative estimate of drug-likeness (QED) is 0.791. The van der Waals surface area contributed by atoms with Crippen molar-refractivity contribution in [1.82, 2.24) is 14.9 Å². The smallest absolute Gasteiger partial charge is 0.270 e. The van der Waals surface area contributed by atoms with Gasteiger partial charge in [0.05, 0.1) is 12.5 Å². The zero-order valence-electron chi connectivity index (χ0n) is 13.2. The third-order valence-corrected chi connectivity index (χ3v) is 4.36. The molecule has 1 aliphatic rings. The Labute approximate surface area is 143 Å². The first kappa shape index (κ1) is 15.5. The van der Waals surface area contributed by atoms with Crippen LogP contribution in [0.3, 0.4) is 0 Å². The summed E-state index contributed by atoms with van der Waals surface area (Å²) in [4.78, 5) is 16.6. The van der Waals surface area contributed by atoms with Crippen LogP contribution in [0.5, 0.6) is 0 Å². The van der Waals surface area contributed by atoms with Gasteiger partial charge in [0.15, 0.2) is 0 Å². The lowest BCUT2D eigenvalue weighted by molar-refractivity contribution is 0.0943. The molecule has 6 heteroatoms. The van der Waals surface area contributed by atoms with Crippen LogP contribution in [0.15, 0.2) is 61.1 Å². The van der Waals surface area contributed by atoms with Crippen molar-refractivity contribution in [1.29, 1.82) is 0 Å². The lowest BCUT2D eigenvalue weighted by Gasteiger charge is -2.09. The van der Waals surface area contributed by atoms with Crippen LogP contribution in [0.4, 0.5) is 8.78 Å². The first-order valence-corrected chi connectivity index (χ1v) is 7.96. The molecule has 1 aromatic heterocycles. The van der Waals surface area contributed by atoms with E-state index in [1.807, 2.05) is 6.07 Å². The monoisotopic (exact) mass is 339 g/mol. The van der Waals surface area contributed by atoms with Crippen LogP contribution >= 0.6 is 0 Å². The van der Waals surface area contributed by atoms with Crippen LogP contribution in [0.25, 0.3) is 5.69 Å². The summed E-state index contributed by atoms with van der Waals surface area (Å²) in [6, 6.07) is 12.2. The molecule has 4 rings (SSSR count). The molecule has 1 fully saturated rings. The minimum Gasteiger partial charge on any atom is -0.347 e. The van der Waals surface area contributed by atoms with E-state index in [-0.39, 0.29) is 29.5 Å². The highest BCUT2D eigenvalue weighted by Crippen LogP contribution is 2.41. The number of benzene rings is 2. The molecule has 2 unspecified atom stereocenters. The molecule has 1 saturated carbocycles. The molecule has 4 nitrogen and oxygen atoms in total. The molecule has 25 heavy (non-hydrogen) atoms. The number of aromatic nitrogens is 2. The molecule has 2 atom stereocenters. The lowest BCUT2D eigenvalue weighted by Crippen LogP contribution is -2.28. The molecule has 1 aliphatic carbocycles. The zero-order valence-corrected chi connectivity index (χ0v) is 13.2. The van der Waals surface area contributed by atoms with Crippen LogP contribution < -0.4 is 5.32 Å². The molecule has 126 valence electrons. The Morgan fingerprint density at radius 1 is 1.12 bits per heavy atom. The van der Waals surface area contributed by atoms with Gasteiger partial charge in [-0.2, -0.15) is 0 Å². The topological polar surface area (TPSA) is 46.9 Å². The Balaban J connectivity index is 1.48. The Kier molecular flexibility index (Phi) is 3.80. The largest absolute Gasteiger partial charge is 0.347 e. The summed E-state index contributed by atoms with van der Waals surface area (Å²) in [6.45, 7) is 0. The number of hydrogen-bond donors (Lipinski definition) is 1. The lowest BCUT2D eigenvalue weighted by atomic mass is 10.1. The van der Waals surface area contributed by atoms with Crippen molar-refractivity contribution in [2.45, 2.75) is 18.4 Å². The molecule has 0 bridgehead atoms. The Morgan fingerprint density at radius 3 is 2.68 bits per heavy atom. The summed E-state index contributed by atoms with van der Waals surface area (Å²) in [5.41, 5.74) is 1.91. The van der Waals surface area contributed by atoms with Gasteiger partial charge in [0.1, 0.15) is 17.3 Å². The maximum absolute atomic E-state index is 13.3. The van der Waals surface area contributed by atoms with E-state index in [2.05, 4.69) is 10.3 Å². The minimum atomic E-state index is -0.342. The number of hydrogen-bond acceptors (Lipinski definition) is 2. The van der Waals surface area contributed by atoms with E-state index in [1.54, 1.807) is 22.8 Å². The number of carbonyl (C=O) groups is 1. The van der Waals surface area contributed by atoms with Crippen LogP contribution in [0.1, 0.15) is 28.4 Å². The maximum Gasteiger partial charge on any atom is 0.270 e. The molecule has 2 aromatic carbocycles. The first-order valence-electron chi connectivity index (χ1n) is 7.96. The second-order valence-electron chi connectivity index (χ2n) is 6.10. The molecule has 0 spiro atoms. The van der Waals surface area contributed by atoms with Crippen LogP contribution in [-0.4, -0.2) is 21.5 Å². The van der Waals surface area contributed by atoms with Gasteiger partial charge in [-0.05, 0) is 48.4 Å². The fraction of sp³-hybridized carbons (Fsp3) is 0.158. The predicted octanol–water partition coefficient (Wildman–Crippen LogP) is 3.44. The van der Waals surface area contributed by atoms with E-state index < -0.39 is 0 Å². The Morgan fingerprint density at radius 2 is 1.92 bits per heavy atom. The van der Waals surface area contributed by atoms with E-state index in [4.69, 9.17) is 0 Å². The maximum atomic E-state index is 13.3. The summed E-state index contributed by atoms with van der Waals surface area (Å²) in [7, 11) is 0. The molecule has 0 saturated heterocycles. The van der Waals surface area contributed by atoms with Gasteiger partial charge in [-0.3, -0.25) is 9.36 Å². The molecule has 0 aliphatic heterocycles. The average molecular weight is 339 g/mol. The summed E-state index contributed by atoms with van der Waals surface area (Å²) >= 11 is 0. The SMILES string of the molecule is O=C(NC1CC1c1cccc(F)c1)c1cncn1-c1ccc(F)cc1. The van der Waals surface area contributed by atoms with Crippen molar-refractivity contribution in [3.05, 3.63) is 83.9 Å². The summed E-state index contributed by atoms with van der Waals surface area (Å²) in [6.07, 6.45) is 3.76. The number of rotatable bonds is 4. The van der Waals surface area contributed by atoms with Crippen LogP contribution in [0, 0.1) is 11.6 Å². The van der Waals surface area contributed by atoms with Gasteiger partial charge in [0, 0.05) is 17.6 Å². The number of halogens is 2. The van der Waals surface area contributed by atoms with Crippen molar-refractivity contribution >= 4 is 5.91 Å². The third-order valence-electron chi connectivity index (χ3n) is 4.36. The highest BCUT2D eigenvalue weighted by molar-refractivity contribution is 5.93. The van der Waals surface area contributed by atoms with E-state index in [0.717, 1.165) is 12.0 Å². The van der Waals surface area contributed by atoms with Gasteiger partial charge >= 0.3 is 0 Å². The molecule has 1 amide bonds. The van der Waals surface area contributed by atoms with Crippen LogP contribution in [0.2, 0.25) is 0 Å². The standard InChI is InChI=1S/C19H15F2N3O/c20-13-4-6-15(7-5-13)24-11-22-10-18(24)19(25)23-17-9-16(17)12-2-1-3-14(21)8-12/h1-8,10-11,16-17H,9H2,(H,23,25). The fourth-order valence-electron chi connectivity index (χ4n) is 2.97. The van der Waals surface area contributed by atoms with Gasteiger partial charge in [0.25, 0.3) is 5.91 Å². The van der Waals surface area contributed by atoms with Crippen molar-refractivity contribution in [2.24, 2.45) is 0 Å². The second kappa shape index (κ2) is 6.12. The first-order chi connectivity index (χ1) is 12.1. The minimum absolute atomic E-state index is 0.0223. The average Bonchev–Trinajstić information content (AvgIpc) is 3.18. The number of nitrogens with zero attached hydrogens (tertiary/aromatic N) is 2. The van der Waals surface area contributed by atoms with E-state index >= 15 is 0 Å². The molecule has 1 heterocycles. The predicted molar refractivity (Wildman–Crippen MR) is 88.5 cm³/mol. The Hall–Kier alpha value is -3.02. The van der Waals surface area contributed by atoms with E-state index in [9.17, 15) is 13.6 Å². The van der Waals surface area contributed by atoms with E-state index in [0.29, 0.717) is 11.4 Å². The highest BCUT2D eigenvalue weighted by Gasteiger charge is 2.40. The van der Waals surface area contributed by atoms with Gasteiger partial charge in [-0.1, -0.05) is 12.1 Å². The molecular formula is C19H15F2N3O. The van der Waals surface area contributed by atoms with Gasteiger partial charge < -0.3 is 5.32 Å². The fourth-order valence-corrected chi connectivity index (χ4v) is 2.97. The number of carbonyl (C=O) groups excluding carboxylic acids is 1. The summed E-state index contributed by atoms with van der Waals surface area (Å²) < 4.78 is 28.0. The highest BCUT2D eigenvalue weighted by atomic mass is 19.1. The number of imidazole rings is 1. The molecular weight excluding hydrogens is 324 g/mol. The zero-order chi connectivity index (χ0) is 17.4. The van der Waals surface area contributed by atoms with Crippen molar-refractivity contribution in [3.8, 4) is 5.69 Å². The van der Waals surface area contributed by atoms with Crippen molar-refractivity contribution in [2.75, 3.05) is 0 Å². The Bertz CT molecular complexity index is 920. The van der Waals surface area contributed by atoms with Crippen LogP contribution in [-0.2, 0) is 0 Å². The molecule has 3 aromatic rings. The van der Waals surface area contributed by atoms with Gasteiger partial charge in [-0.15, -0.1) is 0 Å². The summed E-state index contributed by atoms with van der Waals surface area (Å²) in [5, 5.41) is 2.95. The molecule has 0 radical (unpaired) electrons. The second-order valence-corrected chi connectivity index (χ2v) is 6.10. The number of nitrogens with one attached hydrogen (secondary N) is 1. The number of amides is 1. The molecule has 1 N–H and O–H groups in total. The third kappa shape index (κ3) is 3.15. The van der Waals surface area contributed by atoms with Gasteiger partial charge in [-0.25, -0.2) is 13.8 Å². The summed E-state index contributed by atoms with van der Waals surface area (Å²) in [5.74, 6) is -0.748. The van der Waals surface area contributed by atoms with E-state index in [1.165, 1.54) is 36.8 Å². The van der Waals surface area contributed by atoms with Gasteiger partial charge in [0.2, 0.25) is 0 Å². The normalized spacial score (nSPS) is 18.8. The van der Waals surface area contributed by atoms with Crippen molar-refractivity contribution in [3.63, 3.8) is 0 Å².